The minimum Gasteiger partial charge on any atom is -0.442 e. The molecule has 9 nitrogen and oxygen atoms in total. The first-order chi connectivity index (χ1) is 20.1. The third-order valence-electron chi connectivity index (χ3n) is 7.83. The predicted molar refractivity (Wildman–Crippen MR) is 159 cm³/mol. The molecule has 0 spiro atoms. The number of carbonyl (C=O) groups excluding carboxylic acids is 3. The van der Waals surface area contributed by atoms with Gasteiger partial charge in [0.25, 0.3) is 0 Å². The maximum absolute atomic E-state index is 14.4. The molecule has 2 heterocycles. The Morgan fingerprint density at radius 3 is 2.50 bits per heavy atom. The normalized spacial score (nSPS) is 18.3. The number of ether oxygens (including phenoxy) is 1. The number of hydrogen-bond donors (Lipinski definition) is 1. The molecule has 228 valence electrons. The third kappa shape index (κ3) is 9.73. The van der Waals surface area contributed by atoms with Crippen LogP contribution in [0.4, 0.5) is 9.18 Å². The lowest BCUT2D eigenvalue weighted by atomic mass is 9.86. The van der Waals surface area contributed by atoms with Gasteiger partial charge in [0.1, 0.15) is 24.5 Å². The van der Waals surface area contributed by atoms with E-state index in [0.29, 0.717) is 43.5 Å². The zero-order valence-electron chi connectivity index (χ0n) is 24.9. The fourth-order valence-electron chi connectivity index (χ4n) is 5.02. The van der Waals surface area contributed by atoms with Crippen molar-refractivity contribution in [2.45, 2.75) is 52.2 Å². The lowest BCUT2D eigenvalue weighted by molar-refractivity contribution is -0.111. The van der Waals surface area contributed by atoms with E-state index in [9.17, 15) is 23.9 Å². The Bertz CT molecular complexity index is 1220. The van der Waals surface area contributed by atoms with Gasteiger partial charge in [-0.25, -0.2) is 14.2 Å². The molecule has 1 saturated heterocycles. The number of aldehydes is 2. The fourth-order valence-corrected chi connectivity index (χ4v) is 5.02. The van der Waals surface area contributed by atoms with E-state index < -0.39 is 30.0 Å². The second kappa shape index (κ2) is 16.1. The fraction of sp³-hybridized carbons (Fsp3) is 0.500. The molecule has 42 heavy (non-hydrogen) atoms. The minimum atomic E-state index is -0.744. The zero-order valence-corrected chi connectivity index (χ0v) is 24.9. The highest BCUT2D eigenvalue weighted by Gasteiger charge is 2.26. The smallest absolute Gasteiger partial charge is 0.410 e. The number of piperazine rings is 1. The molecule has 0 saturated carbocycles. The molecule has 10 heteroatoms. The van der Waals surface area contributed by atoms with Gasteiger partial charge in [0.05, 0.1) is 12.4 Å². The molecule has 5 atom stereocenters. The average Bonchev–Trinajstić information content (AvgIpc) is 3.50. The summed E-state index contributed by atoms with van der Waals surface area (Å²) in [4.78, 5) is 43.8. The molecule has 0 bridgehead atoms. The molecule has 1 aliphatic rings. The van der Waals surface area contributed by atoms with Gasteiger partial charge in [0, 0.05) is 56.6 Å². The highest BCUT2D eigenvalue weighted by atomic mass is 19.1. The van der Waals surface area contributed by atoms with Crippen LogP contribution in [-0.2, 0) is 14.3 Å². The number of amides is 1. The van der Waals surface area contributed by atoms with Crippen LogP contribution >= 0.6 is 0 Å². The van der Waals surface area contributed by atoms with E-state index in [-0.39, 0.29) is 18.3 Å². The zero-order chi connectivity index (χ0) is 30.6. The number of aliphatic hydroxyl groups excluding tert-OH is 1. The van der Waals surface area contributed by atoms with Crippen LogP contribution in [0.5, 0.6) is 0 Å². The van der Waals surface area contributed by atoms with Crippen LogP contribution in [0, 0.1) is 23.6 Å². The average molecular weight is 583 g/mol. The monoisotopic (exact) mass is 582 g/mol. The number of hydrogen-bond acceptors (Lipinski definition) is 7. The summed E-state index contributed by atoms with van der Waals surface area (Å²) < 4.78 is 22.0. The van der Waals surface area contributed by atoms with Crippen molar-refractivity contribution in [1.29, 1.82) is 0 Å². The first kappa shape index (κ1) is 32.9. The Morgan fingerprint density at radius 1 is 1.12 bits per heavy atom. The van der Waals surface area contributed by atoms with E-state index >= 15 is 0 Å². The van der Waals surface area contributed by atoms with Crippen LogP contribution in [0.2, 0.25) is 0 Å². The number of likely N-dealkylation sites (N-methyl/N-ethyl adjacent to an activating group) is 1. The predicted octanol–water partition coefficient (Wildman–Crippen LogP) is 4.54. The van der Waals surface area contributed by atoms with Crippen molar-refractivity contribution in [2.24, 2.45) is 17.8 Å². The molecule has 3 rings (SSSR count). The lowest BCUT2D eigenvalue weighted by Crippen LogP contribution is -2.48. The number of nitrogens with zero attached hydrogens (tertiary/aromatic N) is 4. The second-order valence-electron chi connectivity index (χ2n) is 11.3. The summed E-state index contributed by atoms with van der Waals surface area (Å²) in [5.41, 5.74) is 2.01. The van der Waals surface area contributed by atoms with Gasteiger partial charge >= 0.3 is 6.09 Å². The maximum Gasteiger partial charge on any atom is 0.410 e. The number of benzene rings is 1. The summed E-state index contributed by atoms with van der Waals surface area (Å²) in [6.07, 6.45) is 11.3. The summed E-state index contributed by atoms with van der Waals surface area (Å²) >= 11 is 0. The van der Waals surface area contributed by atoms with Crippen molar-refractivity contribution < 1.29 is 28.6 Å². The van der Waals surface area contributed by atoms with Gasteiger partial charge in [-0.3, -0.25) is 0 Å². The molecule has 1 aromatic carbocycles. The molecule has 1 fully saturated rings. The van der Waals surface area contributed by atoms with Gasteiger partial charge in [-0.2, -0.15) is 0 Å². The molecule has 1 aromatic heterocycles. The van der Waals surface area contributed by atoms with E-state index in [1.54, 1.807) is 34.3 Å². The molecule has 1 aliphatic heterocycles. The Morgan fingerprint density at radius 2 is 1.86 bits per heavy atom. The van der Waals surface area contributed by atoms with Crippen LogP contribution in [-0.4, -0.2) is 88.6 Å². The van der Waals surface area contributed by atoms with Crippen molar-refractivity contribution in [3.8, 4) is 5.69 Å². The Kier molecular flexibility index (Phi) is 12.6. The molecule has 0 radical (unpaired) electrons. The Balaban J connectivity index is 1.76. The summed E-state index contributed by atoms with van der Waals surface area (Å²) in [6, 6.07) is 4.66. The quantitative estimate of drug-likeness (QED) is 0.258. The molecular weight excluding hydrogens is 539 g/mol. The first-order valence-electron chi connectivity index (χ1n) is 14.5. The number of halogens is 1. The topological polar surface area (TPSA) is 105 Å². The molecule has 2 aromatic rings. The number of carbonyl (C=O) groups is 3. The van der Waals surface area contributed by atoms with Gasteiger partial charge in [-0.05, 0) is 68.5 Å². The standard InChI is InChI=1S/C32H43FN4O5/c1-23(30(21-39)25(3)17-26-18-27(33)20-28(19-26)37-11-10-34-22-37)6-8-31(24(2)5-7-29(40)9-16-38)42-32(41)36-14-12-35(4)13-15-36/h6,8,10-11,16-24,29-31,40H,5,7,9,12-15H2,1-4H3/b8-6+,25-17+/t23-,24-,29+,30-,31-/m0/s1. The van der Waals surface area contributed by atoms with Crippen LogP contribution in [0.15, 0.2) is 54.6 Å². The Labute approximate surface area is 247 Å². The van der Waals surface area contributed by atoms with E-state index in [1.165, 1.54) is 12.1 Å². The van der Waals surface area contributed by atoms with Crippen molar-refractivity contribution in [1.82, 2.24) is 19.4 Å². The van der Waals surface area contributed by atoms with E-state index in [4.69, 9.17) is 4.74 Å². The van der Waals surface area contributed by atoms with Gasteiger partial charge in [-0.1, -0.05) is 31.6 Å². The summed E-state index contributed by atoms with van der Waals surface area (Å²) in [6.45, 7) is 8.38. The van der Waals surface area contributed by atoms with E-state index in [0.717, 1.165) is 24.9 Å². The number of aromatic nitrogens is 2. The number of allylic oxidation sites excluding steroid dienone is 2. The van der Waals surface area contributed by atoms with Crippen molar-refractivity contribution in [3.63, 3.8) is 0 Å². The summed E-state index contributed by atoms with van der Waals surface area (Å²) in [5.74, 6) is -1.25. The van der Waals surface area contributed by atoms with E-state index in [1.807, 2.05) is 46.0 Å². The largest absolute Gasteiger partial charge is 0.442 e. The molecule has 0 aliphatic carbocycles. The van der Waals surface area contributed by atoms with Gasteiger partial charge in [0.15, 0.2) is 0 Å². The maximum atomic E-state index is 14.4. The molecular formula is C32H43FN4O5. The van der Waals surface area contributed by atoms with Crippen molar-refractivity contribution in [3.05, 3.63) is 66.0 Å². The minimum absolute atomic E-state index is 0.0626. The van der Waals surface area contributed by atoms with E-state index in [2.05, 4.69) is 9.88 Å². The van der Waals surface area contributed by atoms with Crippen LogP contribution in [0.25, 0.3) is 11.8 Å². The van der Waals surface area contributed by atoms with Crippen molar-refractivity contribution in [2.75, 3.05) is 33.2 Å². The lowest BCUT2D eigenvalue weighted by Gasteiger charge is -2.33. The third-order valence-corrected chi connectivity index (χ3v) is 7.83. The SMILES string of the molecule is C/C(=C\c1cc(F)cc(-n2ccnc2)c1)[C@@H](C=O)[C@@H](C)/C=C/[C@H](OC(=O)N1CCN(C)CC1)[C@@H](C)CC[C@@H](O)CC=O. The van der Waals surface area contributed by atoms with Crippen LogP contribution < -0.4 is 0 Å². The van der Waals surface area contributed by atoms with Crippen molar-refractivity contribution >= 4 is 24.7 Å². The molecule has 1 amide bonds. The molecule has 1 N–H and O–H groups in total. The van der Waals surface area contributed by atoms with Gasteiger partial charge < -0.3 is 33.8 Å². The van der Waals surface area contributed by atoms with Crippen LogP contribution in [0.1, 0.15) is 45.6 Å². The summed E-state index contributed by atoms with van der Waals surface area (Å²) in [5, 5.41) is 10.0. The van der Waals surface area contributed by atoms with Gasteiger partial charge in [-0.15, -0.1) is 0 Å². The first-order valence-corrected chi connectivity index (χ1v) is 14.5. The molecule has 0 unspecified atom stereocenters. The second-order valence-corrected chi connectivity index (χ2v) is 11.3. The summed E-state index contributed by atoms with van der Waals surface area (Å²) in [7, 11) is 2.01. The number of aliphatic hydroxyl groups is 1. The van der Waals surface area contributed by atoms with Crippen LogP contribution in [0.3, 0.4) is 0 Å². The Hall–Kier alpha value is -3.63. The number of imidazole rings is 1. The van der Waals surface area contributed by atoms with Gasteiger partial charge in [0.2, 0.25) is 0 Å². The number of rotatable bonds is 14. The highest BCUT2D eigenvalue weighted by molar-refractivity contribution is 5.68. The highest BCUT2D eigenvalue weighted by Crippen LogP contribution is 2.26.